The van der Waals surface area contributed by atoms with Gasteiger partial charge in [-0.15, -0.1) is 0 Å². The van der Waals surface area contributed by atoms with Gasteiger partial charge in [0.15, 0.2) is 0 Å². The van der Waals surface area contributed by atoms with Gasteiger partial charge in [-0.1, -0.05) is 19.1 Å². The van der Waals surface area contributed by atoms with Gasteiger partial charge < -0.3 is 10.2 Å². The van der Waals surface area contributed by atoms with Crippen molar-refractivity contribution in [1.29, 1.82) is 0 Å². The maximum absolute atomic E-state index is 12.6. The summed E-state index contributed by atoms with van der Waals surface area (Å²) in [7, 11) is 2.20. The fourth-order valence-corrected chi connectivity index (χ4v) is 3.00. The molecule has 2 aliphatic rings. The van der Waals surface area contributed by atoms with Crippen LogP contribution >= 0.6 is 0 Å². The summed E-state index contributed by atoms with van der Waals surface area (Å²) in [6.45, 7) is 3.97. The van der Waals surface area contributed by atoms with Crippen molar-refractivity contribution < 1.29 is 4.79 Å². The largest absolute Gasteiger partial charge is 0.383 e. The van der Waals surface area contributed by atoms with Crippen molar-refractivity contribution in [2.45, 2.75) is 18.8 Å². The molecule has 1 saturated heterocycles. The van der Waals surface area contributed by atoms with Gasteiger partial charge in [0.05, 0.1) is 5.56 Å². The number of anilines is 1. The Morgan fingerprint density at radius 1 is 1.47 bits per heavy atom. The number of para-hydroxylation sites is 1. The average molecular weight is 228 g/mol. The Hall–Kier alpha value is -1.45. The summed E-state index contributed by atoms with van der Waals surface area (Å²) >= 11 is 0. The molecule has 1 fully saturated rings. The Kier molecular flexibility index (Phi) is 2.22. The van der Waals surface area contributed by atoms with E-state index < -0.39 is 0 Å². The van der Waals surface area contributed by atoms with Gasteiger partial charge in [-0.25, -0.2) is 0 Å². The number of carbonyl (C=O) groups excluding carboxylic acids is 1. The van der Waals surface area contributed by atoms with Crippen LogP contribution in [0.15, 0.2) is 24.3 Å². The number of amides is 1. The Bertz CT molecular complexity index is 476. The average Bonchev–Trinajstić information content (AvgIpc) is 2.57. The molecule has 0 saturated carbocycles. The maximum Gasteiger partial charge on any atom is 0.255 e. The molecule has 2 atom stereocenters. The lowest BCUT2D eigenvalue weighted by atomic mass is 9.69. The molecule has 17 heavy (non-hydrogen) atoms. The standard InChI is InChI=1S/C13H17BN2O/c1-9-6-7-16-12(17)10-4-2-3-5-11(10)15-8-13(9,16)14/h2-5,9,15H,6-8,14H2,1H3. The summed E-state index contributed by atoms with van der Waals surface area (Å²) in [6.07, 6.45) is 1.10. The molecule has 2 heterocycles. The minimum absolute atomic E-state index is 0.0455. The maximum atomic E-state index is 12.6. The molecule has 3 rings (SSSR count). The topological polar surface area (TPSA) is 32.3 Å². The highest BCUT2D eigenvalue weighted by Gasteiger charge is 2.46. The molecule has 1 amide bonds. The van der Waals surface area contributed by atoms with Crippen LogP contribution < -0.4 is 5.32 Å². The lowest BCUT2D eigenvalue weighted by Gasteiger charge is -2.37. The Morgan fingerprint density at radius 2 is 2.24 bits per heavy atom. The van der Waals surface area contributed by atoms with Crippen LogP contribution in [0, 0.1) is 5.92 Å². The molecular formula is C13H17BN2O. The number of hydrogen-bond acceptors (Lipinski definition) is 2. The van der Waals surface area contributed by atoms with Gasteiger partial charge in [-0.3, -0.25) is 4.79 Å². The zero-order valence-corrected chi connectivity index (χ0v) is 10.4. The van der Waals surface area contributed by atoms with E-state index in [0.717, 1.165) is 30.8 Å². The van der Waals surface area contributed by atoms with Gasteiger partial charge in [0.1, 0.15) is 7.85 Å². The van der Waals surface area contributed by atoms with E-state index in [1.54, 1.807) is 0 Å². The third-order valence-corrected chi connectivity index (χ3v) is 4.50. The van der Waals surface area contributed by atoms with Crippen LogP contribution in [0.1, 0.15) is 23.7 Å². The van der Waals surface area contributed by atoms with E-state index in [9.17, 15) is 4.79 Å². The molecule has 0 spiro atoms. The van der Waals surface area contributed by atoms with Gasteiger partial charge in [0, 0.05) is 24.2 Å². The van der Waals surface area contributed by atoms with Crippen molar-refractivity contribution >= 4 is 19.4 Å². The highest BCUT2D eigenvalue weighted by Crippen LogP contribution is 2.37. The SMILES string of the molecule is BC12CNc3ccccc3C(=O)N1CCC2C. The predicted octanol–water partition coefficient (Wildman–Crippen LogP) is 0.923. The highest BCUT2D eigenvalue weighted by molar-refractivity contribution is 6.19. The molecule has 1 N–H and O–H groups in total. The van der Waals surface area contributed by atoms with Crippen LogP contribution in [0.25, 0.3) is 0 Å². The molecule has 1 aromatic carbocycles. The van der Waals surface area contributed by atoms with Crippen molar-refractivity contribution in [3.63, 3.8) is 0 Å². The normalized spacial score (nSPS) is 31.5. The number of nitrogens with one attached hydrogen (secondary N) is 1. The molecule has 0 aromatic heterocycles. The van der Waals surface area contributed by atoms with Crippen molar-refractivity contribution in [3.8, 4) is 0 Å². The molecule has 0 aliphatic carbocycles. The quantitative estimate of drug-likeness (QED) is 0.670. The molecule has 88 valence electrons. The van der Waals surface area contributed by atoms with E-state index in [4.69, 9.17) is 0 Å². The lowest BCUT2D eigenvalue weighted by Crippen LogP contribution is -2.53. The smallest absolute Gasteiger partial charge is 0.255 e. The minimum atomic E-state index is -0.0455. The summed E-state index contributed by atoms with van der Waals surface area (Å²) in [5, 5.41) is 3.44. The third kappa shape index (κ3) is 1.39. The fraction of sp³-hybridized carbons (Fsp3) is 0.462. The highest BCUT2D eigenvalue weighted by atomic mass is 16.2. The Balaban J connectivity index is 2.08. The van der Waals surface area contributed by atoms with Crippen LogP contribution in [-0.2, 0) is 0 Å². The van der Waals surface area contributed by atoms with E-state index >= 15 is 0 Å². The molecule has 1 aromatic rings. The summed E-state index contributed by atoms with van der Waals surface area (Å²) in [6, 6.07) is 7.81. The zero-order chi connectivity index (χ0) is 12.0. The molecule has 2 aliphatic heterocycles. The van der Waals surface area contributed by atoms with E-state index in [0.29, 0.717) is 5.92 Å². The van der Waals surface area contributed by atoms with Crippen LogP contribution in [0.4, 0.5) is 5.69 Å². The molecule has 2 unspecified atom stereocenters. The zero-order valence-electron chi connectivity index (χ0n) is 10.4. The van der Waals surface area contributed by atoms with E-state index in [-0.39, 0.29) is 11.3 Å². The number of fused-ring (bicyclic) bond motifs is 2. The van der Waals surface area contributed by atoms with Gasteiger partial charge in [0.25, 0.3) is 5.91 Å². The first kappa shape index (κ1) is 10.7. The van der Waals surface area contributed by atoms with Crippen LogP contribution in [0.3, 0.4) is 0 Å². The van der Waals surface area contributed by atoms with Crippen molar-refractivity contribution in [3.05, 3.63) is 29.8 Å². The van der Waals surface area contributed by atoms with Gasteiger partial charge in [0.2, 0.25) is 0 Å². The first-order chi connectivity index (χ1) is 8.13. The van der Waals surface area contributed by atoms with Crippen molar-refractivity contribution in [2.75, 3.05) is 18.4 Å². The monoisotopic (exact) mass is 228 g/mol. The van der Waals surface area contributed by atoms with Crippen molar-refractivity contribution in [1.82, 2.24) is 4.90 Å². The number of carbonyl (C=O) groups is 1. The molecule has 3 nitrogen and oxygen atoms in total. The van der Waals surface area contributed by atoms with Gasteiger partial charge in [-0.05, 0) is 24.5 Å². The summed E-state index contributed by atoms with van der Waals surface area (Å²) in [5.74, 6) is 0.728. The van der Waals surface area contributed by atoms with Gasteiger partial charge >= 0.3 is 0 Å². The number of hydrogen-bond donors (Lipinski definition) is 1. The lowest BCUT2D eigenvalue weighted by molar-refractivity contribution is 0.0699. The first-order valence-corrected chi connectivity index (χ1v) is 6.28. The summed E-state index contributed by atoms with van der Waals surface area (Å²) in [5.41, 5.74) is 1.74. The summed E-state index contributed by atoms with van der Waals surface area (Å²) in [4.78, 5) is 14.6. The Morgan fingerprint density at radius 3 is 3.06 bits per heavy atom. The van der Waals surface area contributed by atoms with Crippen LogP contribution in [-0.4, -0.2) is 37.2 Å². The van der Waals surface area contributed by atoms with Crippen LogP contribution in [0.2, 0.25) is 0 Å². The first-order valence-electron chi connectivity index (χ1n) is 6.28. The minimum Gasteiger partial charge on any atom is -0.383 e. The number of rotatable bonds is 0. The second-order valence-corrected chi connectivity index (χ2v) is 5.40. The molecule has 4 heteroatoms. The Labute approximate surface area is 103 Å². The molecule has 0 radical (unpaired) electrons. The van der Waals surface area contributed by atoms with Crippen LogP contribution in [0.5, 0.6) is 0 Å². The fourth-order valence-electron chi connectivity index (χ4n) is 3.00. The number of nitrogens with zero attached hydrogens (tertiary/aromatic N) is 1. The summed E-state index contributed by atoms with van der Waals surface area (Å²) < 4.78 is 0. The number of benzene rings is 1. The second kappa shape index (κ2) is 3.52. The van der Waals surface area contributed by atoms with Crippen molar-refractivity contribution in [2.24, 2.45) is 5.92 Å². The molecule has 0 bridgehead atoms. The third-order valence-electron chi connectivity index (χ3n) is 4.50. The van der Waals surface area contributed by atoms with E-state index in [2.05, 4.69) is 25.0 Å². The van der Waals surface area contributed by atoms with E-state index in [1.165, 1.54) is 0 Å². The second-order valence-electron chi connectivity index (χ2n) is 5.40. The van der Waals surface area contributed by atoms with E-state index in [1.807, 2.05) is 24.3 Å². The predicted molar refractivity (Wildman–Crippen MR) is 71.0 cm³/mol. The van der Waals surface area contributed by atoms with Gasteiger partial charge in [-0.2, -0.15) is 0 Å². The molecular weight excluding hydrogens is 211 g/mol.